The molecule has 0 amide bonds. The molecule has 0 heterocycles. The Hall–Kier alpha value is -3.69. The second kappa shape index (κ2) is 7.29. The highest BCUT2D eigenvalue weighted by molar-refractivity contribution is 7.86. The fraction of sp³-hybridized carbons (Fsp3) is 0.0476. The summed E-state index contributed by atoms with van der Waals surface area (Å²) in [5, 5.41) is 30.7. The molecule has 0 unspecified atom stereocenters. The van der Waals surface area contributed by atoms with Crippen LogP contribution in [0.2, 0.25) is 0 Å². The highest BCUT2D eigenvalue weighted by Crippen LogP contribution is 2.42. The molecular formula is C21H16N2O6S. The summed E-state index contributed by atoms with van der Waals surface area (Å²) >= 11 is 0. The third kappa shape index (κ3) is 3.40. The lowest BCUT2D eigenvalue weighted by molar-refractivity contribution is 0.415. The van der Waals surface area contributed by atoms with Gasteiger partial charge in [-0.05, 0) is 23.6 Å². The molecule has 9 heteroatoms. The van der Waals surface area contributed by atoms with E-state index in [9.17, 15) is 23.2 Å². The van der Waals surface area contributed by atoms with Gasteiger partial charge in [0.05, 0.1) is 7.11 Å². The lowest BCUT2D eigenvalue weighted by Crippen LogP contribution is -1.99. The Balaban J connectivity index is 1.95. The zero-order chi connectivity index (χ0) is 21.5. The Morgan fingerprint density at radius 1 is 0.800 bits per heavy atom. The number of fused-ring (bicyclic) bond motifs is 2. The van der Waals surface area contributed by atoms with Crippen LogP contribution in [0.1, 0.15) is 0 Å². The van der Waals surface area contributed by atoms with Crippen LogP contribution in [-0.2, 0) is 10.1 Å². The van der Waals surface area contributed by atoms with E-state index in [-0.39, 0.29) is 27.9 Å². The second-order valence-electron chi connectivity index (χ2n) is 6.48. The van der Waals surface area contributed by atoms with E-state index < -0.39 is 20.8 Å². The van der Waals surface area contributed by atoms with Crippen LogP contribution < -0.4 is 4.74 Å². The van der Waals surface area contributed by atoms with Gasteiger partial charge in [-0.15, -0.1) is 10.2 Å². The largest absolute Gasteiger partial charge is 0.506 e. The van der Waals surface area contributed by atoms with Crippen molar-refractivity contribution in [2.24, 2.45) is 10.2 Å². The summed E-state index contributed by atoms with van der Waals surface area (Å²) in [6.45, 7) is 0. The lowest BCUT2D eigenvalue weighted by atomic mass is 10.1. The number of rotatable bonds is 4. The van der Waals surface area contributed by atoms with E-state index >= 15 is 0 Å². The van der Waals surface area contributed by atoms with E-state index in [1.807, 2.05) is 0 Å². The molecule has 4 rings (SSSR count). The molecule has 4 aromatic carbocycles. The Kier molecular flexibility index (Phi) is 4.76. The molecule has 0 radical (unpaired) electrons. The van der Waals surface area contributed by atoms with Crippen LogP contribution in [0.25, 0.3) is 21.5 Å². The van der Waals surface area contributed by atoms with Crippen LogP contribution in [0.3, 0.4) is 0 Å². The van der Waals surface area contributed by atoms with E-state index in [0.29, 0.717) is 11.1 Å². The van der Waals surface area contributed by atoms with Crippen LogP contribution in [0.5, 0.6) is 17.2 Å². The summed E-state index contributed by atoms with van der Waals surface area (Å²) in [5.74, 6) is -0.0458. The van der Waals surface area contributed by atoms with Crippen molar-refractivity contribution in [2.45, 2.75) is 4.90 Å². The quantitative estimate of drug-likeness (QED) is 0.310. The molecule has 0 aliphatic carbocycles. The SMILES string of the molecule is COc1ccc2ccc(O)c(/N=N/c3c(O)cc(S(=O)(=O)O)c4ccccc34)c2c1. The third-order valence-corrected chi connectivity index (χ3v) is 5.56. The smallest absolute Gasteiger partial charge is 0.295 e. The number of nitrogens with zero attached hydrogens (tertiary/aromatic N) is 2. The van der Waals surface area contributed by atoms with Crippen LogP contribution in [0.15, 0.2) is 75.8 Å². The van der Waals surface area contributed by atoms with E-state index in [1.54, 1.807) is 42.5 Å². The highest BCUT2D eigenvalue weighted by Gasteiger charge is 2.19. The van der Waals surface area contributed by atoms with Gasteiger partial charge in [-0.25, -0.2) is 0 Å². The molecule has 0 fully saturated rings. The summed E-state index contributed by atoms with van der Waals surface area (Å²) in [4.78, 5) is -0.438. The summed E-state index contributed by atoms with van der Waals surface area (Å²) in [7, 11) is -3.05. The number of hydrogen-bond acceptors (Lipinski definition) is 7. The second-order valence-corrected chi connectivity index (χ2v) is 7.87. The molecule has 30 heavy (non-hydrogen) atoms. The Morgan fingerprint density at radius 2 is 1.43 bits per heavy atom. The van der Waals surface area contributed by atoms with Gasteiger partial charge in [0.1, 0.15) is 33.5 Å². The number of methoxy groups -OCH3 is 1. The van der Waals surface area contributed by atoms with Crippen molar-refractivity contribution < 1.29 is 27.9 Å². The fourth-order valence-corrected chi connectivity index (χ4v) is 3.95. The topological polar surface area (TPSA) is 129 Å². The van der Waals surface area contributed by atoms with Crippen LogP contribution in [0.4, 0.5) is 11.4 Å². The molecule has 152 valence electrons. The van der Waals surface area contributed by atoms with Gasteiger partial charge < -0.3 is 14.9 Å². The van der Waals surface area contributed by atoms with Gasteiger partial charge in [-0.2, -0.15) is 8.42 Å². The summed E-state index contributed by atoms with van der Waals surface area (Å²) in [6.07, 6.45) is 0. The number of hydrogen-bond donors (Lipinski definition) is 3. The van der Waals surface area contributed by atoms with Gasteiger partial charge in [-0.3, -0.25) is 4.55 Å². The molecule has 0 spiro atoms. The van der Waals surface area contributed by atoms with E-state index in [2.05, 4.69) is 10.2 Å². The first-order valence-corrected chi connectivity index (χ1v) is 10.2. The first-order chi connectivity index (χ1) is 14.3. The first-order valence-electron chi connectivity index (χ1n) is 8.73. The van der Waals surface area contributed by atoms with Crippen molar-refractivity contribution in [1.29, 1.82) is 0 Å². The molecule has 0 saturated carbocycles. The van der Waals surface area contributed by atoms with Crippen LogP contribution >= 0.6 is 0 Å². The fourth-order valence-electron chi connectivity index (χ4n) is 3.23. The average molecular weight is 424 g/mol. The highest BCUT2D eigenvalue weighted by atomic mass is 32.2. The van der Waals surface area contributed by atoms with Crippen molar-refractivity contribution in [1.82, 2.24) is 0 Å². The molecule has 0 aromatic heterocycles. The normalized spacial score (nSPS) is 12.1. The van der Waals surface area contributed by atoms with E-state index in [1.165, 1.54) is 19.2 Å². The van der Waals surface area contributed by atoms with Gasteiger partial charge in [-0.1, -0.05) is 36.4 Å². The minimum Gasteiger partial charge on any atom is -0.506 e. The van der Waals surface area contributed by atoms with Crippen molar-refractivity contribution in [3.63, 3.8) is 0 Å². The third-order valence-electron chi connectivity index (χ3n) is 4.66. The van der Waals surface area contributed by atoms with Crippen molar-refractivity contribution in [2.75, 3.05) is 7.11 Å². The molecule has 4 aromatic rings. The van der Waals surface area contributed by atoms with Crippen LogP contribution in [0, 0.1) is 0 Å². The zero-order valence-electron chi connectivity index (χ0n) is 15.6. The standard InChI is InChI=1S/C21H16N2O6S/c1-29-13-8-6-12-7-9-17(24)21(16(12)10-13)23-22-20-15-5-3-2-4-14(15)19(11-18(20)25)30(26,27)28/h2-11,24-25H,1H3,(H,26,27,28)/b23-22+. The number of aromatic hydroxyl groups is 2. The van der Waals surface area contributed by atoms with E-state index in [0.717, 1.165) is 11.5 Å². The minimum atomic E-state index is -4.57. The molecule has 0 aliphatic rings. The zero-order valence-corrected chi connectivity index (χ0v) is 16.5. The number of ether oxygens (including phenoxy) is 1. The maximum Gasteiger partial charge on any atom is 0.295 e. The van der Waals surface area contributed by atoms with Gasteiger partial charge in [0.15, 0.2) is 0 Å². The Morgan fingerprint density at radius 3 is 2.10 bits per heavy atom. The van der Waals surface area contributed by atoms with Crippen molar-refractivity contribution in [3.05, 3.63) is 60.7 Å². The molecule has 0 saturated heterocycles. The maximum atomic E-state index is 11.7. The molecular weight excluding hydrogens is 408 g/mol. The summed E-state index contributed by atoms with van der Waals surface area (Å²) in [5.41, 5.74) is 0.158. The predicted octanol–water partition coefficient (Wildman–Crippen LogP) is 5.07. The molecule has 0 bridgehead atoms. The number of phenols is 2. The van der Waals surface area contributed by atoms with Gasteiger partial charge in [0.2, 0.25) is 0 Å². The Labute approximate surface area is 171 Å². The minimum absolute atomic E-state index is 0.00250. The predicted molar refractivity (Wildman–Crippen MR) is 112 cm³/mol. The summed E-state index contributed by atoms with van der Waals surface area (Å²) < 4.78 is 38.1. The molecule has 8 nitrogen and oxygen atoms in total. The monoisotopic (exact) mass is 424 g/mol. The van der Waals surface area contributed by atoms with Gasteiger partial charge in [0, 0.05) is 22.2 Å². The molecule has 3 N–H and O–H groups in total. The summed E-state index contributed by atoms with van der Waals surface area (Å²) in [6, 6.07) is 15.6. The first kappa shape index (κ1) is 19.6. The van der Waals surface area contributed by atoms with Gasteiger partial charge >= 0.3 is 0 Å². The van der Waals surface area contributed by atoms with Crippen molar-refractivity contribution >= 4 is 43.0 Å². The maximum absolute atomic E-state index is 11.7. The molecule has 0 aliphatic heterocycles. The van der Waals surface area contributed by atoms with Crippen molar-refractivity contribution in [3.8, 4) is 17.2 Å². The number of benzene rings is 4. The Bertz CT molecular complexity index is 1430. The lowest BCUT2D eigenvalue weighted by Gasteiger charge is -2.09. The van der Waals surface area contributed by atoms with Gasteiger partial charge in [0.25, 0.3) is 10.1 Å². The number of azo groups is 1. The van der Waals surface area contributed by atoms with Crippen LogP contribution in [-0.4, -0.2) is 30.3 Å². The molecule has 0 atom stereocenters. The average Bonchev–Trinajstić information content (AvgIpc) is 2.72. The van der Waals surface area contributed by atoms with E-state index in [4.69, 9.17) is 4.74 Å². The number of phenolic OH excluding ortho intramolecular Hbond substituents is 2.